The molecule has 148 valence electrons. The monoisotopic (exact) mass is 399 g/mol. The zero-order chi connectivity index (χ0) is 20.1. The lowest BCUT2D eigenvalue weighted by molar-refractivity contribution is 0.139. The highest BCUT2D eigenvalue weighted by molar-refractivity contribution is 6.30. The van der Waals surface area contributed by atoms with E-state index in [9.17, 15) is 4.79 Å². The van der Waals surface area contributed by atoms with E-state index in [-0.39, 0.29) is 5.56 Å². The molecule has 0 bridgehead atoms. The third-order valence-electron chi connectivity index (χ3n) is 4.73. The highest BCUT2D eigenvalue weighted by Gasteiger charge is 2.11. The Bertz CT molecular complexity index is 983. The van der Waals surface area contributed by atoms with Crippen molar-refractivity contribution < 1.29 is 4.74 Å². The second-order valence-corrected chi connectivity index (χ2v) is 7.70. The van der Waals surface area contributed by atoms with E-state index >= 15 is 0 Å². The Hall–Kier alpha value is -2.21. The van der Waals surface area contributed by atoms with E-state index in [0.29, 0.717) is 29.7 Å². The van der Waals surface area contributed by atoms with E-state index in [1.807, 2.05) is 0 Å². The van der Waals surface area contributed by atoms with Gasteiger partial charge in [-0.15, -0.1) is 0 Å². The molecule has 3 aromatic rings. The van der Waals surface area contributed by atoms with Gasteiger partial charge in [0.15, 0.2) is 0 Å². The summed E-state index contributed by atoms with van der Waals surface area (Å²) in [6.45, 7) is 7.09. The maximum atomic E-state index is 12.4. The van der Waals surface area contributed by atoms with Crippen LogP contribution in [0.3, 0.4) is 0 Å². The van der Waals surface area contributed by atoms with Crippen LogP contribution >= 0.6 is 11.6 Å². The molecule has 0 fully saturated rings. The number of ether oxygens (including phenoxy) is 1. The average molecular weight is 400 g/mol. The molecule has 0 spiro atoms. The molecule has 0 atom stereocenters. The van der Waals surface area contributed by atoms with Gasteiger partial charge in [-0.05, 0) is 29.2 Å². The number of methoxy groups -OCH3 is 1. The Morgan fingerprint density at radius 3 is 2.57 bits per heavy atom. The zero-order valence-electron chi connectivity index (χ0n) is 16.6. The summed E-state index contributed by atoms with van der Waals surface area (Å²) >= 11 is 5.98. The van der Waals surface area contributed by atoms with Crippen molar-refractivity contribution >= 4 is 17.2 Å². The van der Waals surface area contributed by atoms with Crippen LogP contribution in [0.15, 0.2) is 53.5 Å². The van der Waals surface area contributed by atoms with Crippen LogP contribution in [0.1, 0.15) is 36.6 Å². The molecule has 2 heterocycles. The maximum Gasteiger partial charge on any atom is 0.258 e. The topological polar surface area (TPSA) is 46.8 Å². The van der Waals surface area contributed by atoms with Gasteiger partial charge in [-0.2, -0.15) is 0 Å². The number of fused-ring (bicyclic) bond motifs is 1. The molecule has 28 heavy (non-hydrogen) atoms. The molecule has 0 amide bonds. The molecule has 1 aromatic carbocycles. The van der Waals surface area contributed by atoms with Gasteiger partial charge in [0.2, 0.25) is 0 Å². The van der Waals surface area contributed by atoms with Crippen LogP contribution in [-0.4, -0.2) is 34.5 Å². The minimum atomic E-state index is -0.129. The van der Waals surface area contributed by atoms with Crippen molar-refractivity contribution in [2.75, 3.05) is 20.3 Å². The molecule has 0 unspecified atom stereocenters. The average Bonchev–Trinajstić information content (AvgIpc) is 2.67. The summed E-state index contributed by atoms with van der Waals surface area (Å²) in [5, 5.41) is 0.510. The normalized spacial score (nSPS) is 11.6. The lowest BCUT2D eigenvalue weighted by atomic mass is 10.0. The minimum Gasteiger partial charge on any atom is -0.383 e. The Morgan fingerprint density at radius 2 is 1.89 bits per heavy atom. The van der Waals surface area contributed by atoms with E-state index in [2.05, 4.69) is 48.0 Å². The molecule has 0 N–H and O–H groups in total. The molecule has 0 aliphatic rings. The van der Waals surface area contributed by atoms with Gasteiger partial charge >= 0.3 is 0 Å². The smallest absolute Gasteiger partial charge is 0.258 e. The number of aromatic nitrogens is 2. The SMILES string of the molecule is COCCN(Cc1ccc(C(C)C)cc1)Cc1cc(=O)n2cc(Cl)ccc2n1. The number of rotatable bonds is 8. The third kappa shape index (κ3) is 5.19. The first kappa shape index (κ1) is 20.5. The Kier molecular flexibility index (Phi) is 6.83. The van der Waals surface area contributed by atoms with Crippen LogP contribution in [0.5, 0.6) is 0 Å². The molecular formula is C22H26ClN3O2. The van der Waals surface area contributed by atoms with Crippen molar-refractivity contribution in [2.24, 2.45) is 0 Å². The molecular weight excluding hydrogens is 374 g/mol. The van der Waals surface area contributed by atoms with Crippen molar-refractivity contribution in [3.8, 4) is 0 Å². The summed E-state index contributed by atoms with van der Waals surface area (Å²) < 4.78 is 6.73. The fraction of sp³-hybridized carbons (Fsp3) is 0.364. The molecule has 2 aromatic heterocycles. The fourth-order valence-corrected chi connectivity index (χ4v) is 3.30. The van der Waals surface area contributed by atoms with Crippen LogP contribution in [0.4, 0.5) is 0 Å². The van der Waals surface area contributed by atoms with E-state index in [4.69, 9.17) is 16.3 Å². The van der Waals surface area contributed by atoms with Crippen LogP contribution in [0.25, 0.3) is 5.65 Å². The molecule has 0 saturated carbocycles. The van der Waals surface area contributed by atoms with Crippen LogP contribution in [0.2, 0.25) is 5.02 Å². The predicted octanol–water partition coefficient (Wildman–Crippen LogP) is 4.12. The van der Waals surface area contributed by atoms with E-state index < -0.39 is 0 Å². The summed E-state index contributed by atoms with van der Waals surface area (Å²) in [5.41, 5.74) is 3.76. The quantitative estimate of drug-likeness (QED) is 0.571. The first-order valence-corrected chi connectivity index (χ1v) is 9.82. The standard InChI is InChI=1S/C22H26ClN3O2/c1-16(2)18-6-4-17(5-7-18)13-25(10-11-28-3)15-20-12-22(27)26-14-19(23)8-9-21(26)24-20/h4-9,12,14,16H,10-11,13,15H2,1-3H3. The second kappa shape index (κ2) is 9.32. The van der Waals surface area contributed by atoms with E-state index in [1.165, 1.54) is 15.5 Å². The van der Waals surface area contributed by atoms with Crippen molar-refractivity contribution in [1.29, 1.82) is 0 Å². The number of pyridine rings is 1. The largest absolute Gasteiger partial charge is 0.383 e. The fourth-order valence-electron chi connectivity index (χ4n) is 3.14. The number of benzene rings is 1. The van der Waals surface area contributed by atoms with Crippen molar-refractivity contribution in [2.45, 2.75) is 32.9 Å². The summed E-state index contributed by atoms with van der Waals surface area (Å²) in [5.74, 6) is 0.516. The molecule has 6 heteroatoms. The molecule has 5 nitrogen and oxygen atoms in total. The number of nitrogens with zero attached hydrogens (tertiary/aromatic N) is 3. The van der Waals surface area contributed by atoms with Gasteiger partial charge in [-0.3, -0.25) is 14.1 Å². The second-order valence-electron chi connectivity index (χ2n) is 7.26. The van der Waals surface area contributed by atoms with Crippen LogP contribution < -0.4 is 5.56 Å². The number of hydrogen-bond acceptors (Lipinski definition) is 4. The summed E-state index contributed by atoms with van der Waals surface area (Å²) in [6, 6.07) is 13.8. The van der Waals surface area contributed by atoms with Crippen molar-refractivity contribution in [3.63, 3.8) is 0 Å². The molecule has 3 rings (SSSR count). The van der Waals surface area contributed by atoms with Gasteiger partial charge in [-0.1, -0.05) is 49.7 Å². The van der Waals surface area contributed by atoms with Crippen LogP contribution in [-0.2, 0) is 17.8 Å². The number of hydrogen-bond donors (Lipinski definition) is 0. The Labute approximate surface area is 170 Å². The van der Waals surface area contributed by atoms with Gasteiger partial charge in [0.1, 0.15) is 5.65 Å². The van der Waals surface area contributed by atoms with E-state index in [0.717, 1.165) is 18.8 Å². The maximum absolute atomic E-state index is 12.4. The number of halogens is 1. The molecule has 0 radical (unpaired) electrons. The van der Waals surface area contributed by atoms with Crippen molar-refractivity contribution in [1.82, 2.24) is 14.3 Å². The molecule has 0 saturated heterocycles. The highest BCUT2D eigenvalue weighted by atomic mass is 35.5. The van der Waals surface area contributed by atoms with Gasteiger partial charge in [0.25, 0.3) is 5.56 Å². The van der Waals surface area contributed by atoms with Gasteiger partial charge < -0.3 is 4.74 Å². The van der Waals surface area contributed by atoms with Gasteiger partial charge in [0.05, 0.1) is 17.3 Å². The predicted molar refractivity (Wildman–Crippen MR) is 113 cm³/mol. The van der Waals surface area contributed by atoms with Gasteiger partial charge in [0, 0.05) is 39.0 Å². The van der Waals surface area contributed by atoms with Gasteiger partial charge in [-0.25, -0.2) is 4.98 Å². The Balaban J connectivity index is 1.81. The van der Waals surface area contributed by atoms with E-state index in [1.54, 1.807) is 31.5 Å². The first-order chi connectivity index (χ1) is 13.5. The lowest BCUT2D eigenvalue weighted by Crippen LogP contribution is -2.28. The van der Waals surface area contributed by atoms with Crippen molar-refractivity contribution in [3.05, 3.63) is 80.9 Å². The zero-order valence-corrected chi connectivity index (χ0v) is 17.3. The third-order valence-corrected chi connectivity index (χ3v) is 4.95. The summed E-state index contributed by atoms with van der Waals surface area (Å²) in [6.07, 6.45) is 1.59. The Morgan fingerprint density at radius 1 is 1.14 bits per heavy atom. The highest BCUT2D eigenvalue weighted by Crippen LogP contribution is 2.16. The lowest BCUT2D eigenvalue weighted by Gasteiger charge is -2.22. The molecule has 0 aliphatic heterocycles. The minimum absolute atomic E-state index is 0.129. The summed E-state index contributed by atoms with van der Waals surface area (Å²) in [4.78, 5) is 19.3. The summed E-state index contributed by atoms with van der Waals surface area (Å²) in [7, 11) is 1.69. The molecule has 0 aliphatic carbocycles. The van der Waals surface area contributed by atoms with Crippen LogP contribution in [0, 0.1) is 0 Å². The first-order valence-electron chi connectivity index (χ1n) is 9.44.